The number of rotatable bonds is 5. The molecule has 9 nitrogen and oxygen atoms in total. The van der Waals surface area contributed by atoms with Gasteiger partial charge in [0.1, 0.15) is 17.2 Å². The lowest BCUT2D eigenvalue weighted by Gasteiger charge is -2.37. The minimum absolute atomic E-state index is 0.0114. The molecule has 5 rings (SSSR count). The molecule has 230 valence electrons. The molecule has 9 heteroatoms. The van der Waals surface area contributed by atoms with Crippen molar-refractivity contribution in [1.29, 1.82) is 0 Å². The molecule has 3 aromatic rings. The van der Waals surface area contributed by atoms with Gasteiger partial charge in [0.2, 0.25) is 5.95 Å². The predicted octanol–water partition coefficient (Wildman–Crippen LogP) is 6.45. The van der Waals surface area contributed by atoms with Crippen LogP contribution in [-0.4, -0.2) is 66.4 Å². The molecule has 2 aromatic carbocycles. The molecule has 43 heavy (non-hydrogen) atoms. The number of anilines is 4. The maximum absolute atomic E-state index is 13.0. The van der Waals surface area contributed by atoms with Gasteiger partial charge in [0.25, 0.3) is 0 Å². The van der Waals surface area contributed by atoms with E-state index < -0.39 is 5.60 Å². The number of ether oxygens (including phenoxy) is 2. The molecule has 0 radical (unpaired) electrons. The van der Waals surface area contributed by atoms with E-state index >= 15 is 0 Å². The van der Waals surface area contributed by atoms with Crippen molar-refractivity contribution in [2.45, 2.75) is 72.4 Å². The molecule has 1 saturated heterocycles. The van der Waals surface area contributed by atoms with E-state index in [1.54, 1.807) is 12.0 Å². The largest absolute Gasteiger partial charge is 0.497 e. The van der Waals surface area contributed by atoms with Crippen LogP contribution in [0.4, 0.5) is 27.9 Å². The average molecular weight is 587 g/mol. The second-order valence-electron chi connectivity index (χ2n) is 13.5. The Morgan fingerprint density at radius 3 is 2.19 bits per heavy atom. The summed E-state index contributed by atoms with van der Waals surface area (Å²) in [6, 6.07) is 14.8. The van der Waals surface area contributed by atoms with Gasteiger partial charge in [-0.15, -0.1) is 0 Å². The van der Waals surface area contributed by atoms with Crippen molar-refractivity contribution < 1.29 is 14.3 Å². The topological polar surface area (TPSA) is 83.1 Å². The van der Waals surface area contributed by atoms with Gasteiger partial charge in [-0.3, -0.25) is 0 Å². The number of hydrogen-bond donors (Lipinski definition) is 1. The van der Waals surface area contributed by atoms with Crippen LogP contribution in [0.5, 0.6) is 5.75 Å². The highest BCUT2D eigenvalue weighted by atomic mass is 16.6. The van der Waals surface area contributed by atoms with Crippen molar-refractivity contribution in [3.05, 3.63) is 64.8 Å². The first-order valence-corrected chi connectivity index (χ1v) is 15.2. The number of carbonyl (C=O) groups is 1. The van der Waals surface area contributed by atoms with E-state index in [1.165, 1.54) is 11.3 Å². The third-order valence-corrected chi connectivity index (χ3v) is 8.06. The van der Waals surface area contributed by atoms with E-state index in [0.717, 1.165) is 66.2 Å². The molecule has 1 amide bonds. The number of nitrogens with one attached hydrogen (secondary N) is 1. The lowest BCUT2D eigenvalue weighted by atomic mass is 9.86. The zero-order chi connectivity index (χ0) is 30.9. The predicted molar refractivity (Wildman–Crippen MR) is 173 cm³/mol. The molecule has 0 aliphatic carbocycles. The number of methoxy groups -OCH3 is 1. The molecule has 0 bridgehead atoms. The second kappa shape index (κ2) is 11.9. The smallest absolute Gasteiger partial charge is 0.410 e. The summed E-state index contributed by atoms with van der Waals surface area (Å²) in [6.45, 7) is 18.8. The molecular weight excluding hydrogens is 540 g/mol. The normalized spacial score (nSPS) is 15.7. The maximum Gasteiger partial charge on any atom is 0.410 e. The van der Waals surface area contributed by atoms with Crippen molar-refractivity contribution in [3.8, 4) is 5.75 Å². The van der Waals surface area contributed by atoms with Crippen LogP contribution in [0, 0.1) is 6.92 Å². The van der Waals surface area contributed by atoms with Crippen LogP contribution in [0.15, 0.2) is 42.5 Å². The Morgan fingerprint density at radius 2 is 1.56 bits per heavy atom. The number of amides is 1. The van der Waals surface area contributed by atoms with E-state index in [1.807, 2.05) is 32.9 Å². The first-order chi connectivity index (χ1) is 20.3. The number of aromatic nitrogens is 2. The number of hydrogen-bond acceptors (Lipinski definition) is 8. The quantitative estimate of drug-likeness (QED) is 0.365. The van der Waals surface area contributed by atoms with Gasteiger partial charge >= 0.3 is 6.09 Å². The van der Waals surface area contributed by atoms with Crippen LogP contribution in [0.2, 0.25) is 0 Å². The van der Waals surface area contributed by atoms with Crippen molar-refractivity contribution in [3.63, 3.8) is 0 Å². The Bertz CT molecular complexity index is 1450. The number of nitrogens with zero attached hydrogens (tertiary/aromatic N) is 5. The van der Waals surface area contributed by atoms with Crippen LogP contribution in [-0.2, 0) is 23.1 Å². The van der Waals surface area contributed by atoms with Gasteiger partial charge in [-0.05, 0) is 74.6 Å². The van der Waals surface area contributed by atoms with Gasteiger partial charge < -0.3 is 29.5 Å². The zero-order valence-electron chi connectivity index (χ0n) is 27.0. The fourth-order valence-corrected chi connectivity index (χ4v) is 5.44. The average Bonchev–Trinajstić information content (AvgIpc) is 2.96. The third-order valence-electron chi connectivity index (χ3n) is 8.06. The monoisotopic (exact) mass is 586 g/mol. The molecule has 2 aliphatic heterocycles. The number of benzene rings is 2. The number of piperazine rings is 1. The summed E-state index contributed by atoms with van der Waals surface area (Å²) in [5.74, 6) is 2.34. The summed E-state index contributed by atoms with van der Waals surface area (Å²) in [5, 5.41) is 3.67. The van der Waals surface area contributed by atoms with E-state index in [9.17, 15) is 4.79 Å². The number of carbonyl (C=O) groups excluding carboxylic acids is 1. The Kier molecular flexibility index (Phi) is 8.45. The Balaban J connectivity index is 1.43. The molecule has 1 aromatic heterocycles. The van der Waals surface area contributed by atoms with Crippen LogP contribution in [0.3, 0.4) is 0 Å². The van der Waals surface area contributed by atoms with E-state index in [0.29, 0.717) is 19.5 Å². The first kappa shape index (κ1) is 30.4. The first-order valence-electron chi connectivity index (χ1n) is 15.2. The van der Waals surface area contributed by atoms with E-state index in [-0.39, 0.29) is 11.5 Å². The Hall–Kier alpha value is -4.01. The third kappa shape index (κ3) is 7.14. The lowest BCUT2D eigenvalue weighted by molar-refractivity contribution is 0.0223. The highest BCUT2D eigenvalue weighted by Crippen LogP contribution is 2.33. The number of fused-ring (bicyclic) bond motifs is 1. The molecule has 1 fully saturated rings. The van der Waals surface area contributed by atoms with Crippen molar-refractivity contribution >= 4 is 29.2 Å². The summed E-state index contributed by atoms with van der Waals surface area (Å²) < 4.78 is 11.0. The minimum Gasteiger partial charge on any atom is -0.497 e. The van der Waals surface area contributed by atoms with E-state index in [4.69, 9.17) is 19.4 Å². The molecular formula is C34H46N6O3. The van der Waals surface area contributed by atoms with Crippen molar-refractivity contribution in [1.82, 2.24) is 14.9 Å². The lowest BCUT2D eigenvalue weighted by Crippen LogP contribution is -2.47. The standard InChI is InChI=1S/C34H46N6O3/c1-23-9-10-24(33(2,3)4)21-29(23)35-30-27-22-40(32(41)43-34(5,6)7)16-15-28(27)36-31(37-30)39-19-17-38(18-20-39)25-11-13-26(42-8)14-12-25/h9-14,21H,15-20,22H2,1-8H3,(H,35,36,37). The summed E-state index contributed by atoms with van der Waals surface area (Å²) in [4.78, 5) is 29.6. The molecule has 0 saturated carbocycles. The summed E-state index contributed by atoms with van der Waals surface area (Å²) >= 11 is 0. The van der Waals surface area contributed by atoms with Gasteiger partial charge in [-0.25, -0.2) is 9.78 Å². The van der Waals surface area contributed by atoms with Crippen molar-refractivity contribution in [2.75, 3.05) is 55.0 Å². The second-order valence-corrected chi connectivity index (χ2v) is 13.5. The van der Waals surface area contributed by atoms with Crippen LogP contribution in [0.25, 0.3) is 0 Å². The van der Waals surface area contributed by atoms with Gasteiger partial charge in [-0.1, -0.05) is 32.9 Å². The van der Waals surface area contributed by atoms with Gasteiger partial charge in [0.15, 0.2) is 0 Å². The van der Waals surface area contributed by atoms with Crippen LogP contribution < -0.4 is 19.9 Å². The number of aryl methyl sites for hydroxylation is 1. The highest BCUT2D eigenvalue weighted by Gasteiger charge is 2.30. The SMILES string of the molecule is COc1ccc(N2CCN(c3nc4c(c(Nc5cc(C(C)(C)C)ccc5C)n3)CN(C(=O)OC(C)(C)C)CC4)CC2)cc1. The van der Waals surface area contributed by atoms with Gasteiger partial charge in [-0.2, -0.15) is 4.98 Å². The molecule has 0 spiro atoms. The summed E-state index contributed by atoms with van der Waals surface area (Å²) in [5.41, 5.74) is 5.95. The van der Waals surface area contributed by atoms with Gasteiger partial charge in [0.05, 0.1) is 19.3 Å². The Morgan fingerprint density at radius 1 is 0.884 bits per heavy atom. The molecule has 1 N–H and O–H groups in total. The molecule has 3 heterocycles. The Labute approximate surface area is 256 Å². The zero-order valence-corrected chi connectivity index (χ0v) is 27.0. The van der Waals surface area contributed by atoms with Crippen molar-refractivity contribution in [2.24, 2.45) is 0 Å². The van der Waals surface area contributed by atoms with Crippen LogP contribution >= 0.6 is 0 Å². The maximum atomic E-state index is 13.0. The molecule has 0 unspecified atom stereocenters. The van der Waals surface area contributed by atoms with E-state index in [2.05, 4.69) is 73.1 Å². The fraction of sp³-hybridized carbons (Fsp3) is 0.500. The minimum atomic E-state index is -0.558. The van der Waals surface area contributed by atoms with Crippen LogP contribution in [0.1, 0.15) is 63.9 Å². The highest BCUT2D eigenvalue weighted by molar-refractivity contribution is 5.71. The molecule has 2 aliphatic rings. The fourth-order valence-electron chi connectivity index (χ4n) is 5.44. The summed E-state index contributed by atoms with van der Waals surface area (Å²) in [6.07, 6.45) is 0.333. The summed E-state index contributed by atoms with van der Waals surface area (Å²) in [7, 11) is 1.69. The molecule has 0 atom stereocenters. The van der Waals surface area contributed by atoms with Gasteiger partial charge in [0, 0.05) is 56.1 Å².